The highest BCUT2D eigenvalue weighted by atomic mass is 32.1. The molecule has 1 aliphatic rings. The Morgan fingerprint density at radius 2 is 2.03 bits per heavy atom. The Morgan fingerprint density at radius 1 is 1.17 bits per heavy atom. The highest BCUT2D eigenvalue weighted by Gasteiger charge is 2.23. The minimum Gasteiger partial charge on any atom is -0.452 e. The third-order valence-electron chi connectivity index (χ3n) is 4.90. The van der Waals surface area contributed by atoms with Gasteiger partial charge in [-0.05, 0) is 36.4 Å². The minimum atomic E-state index is -0.444. The van der Waals surface area contributed by atoms with Gasteiger partial charge in [-0.25, -0.2) is 9.78 Å². The van der Waals surface area contributed by atoms with Crippen molar-refractivity contribution in [1.29, 1.82) is 0 Å². The fourth-order valence-corrected chi connectivity index (χ4v) is 4.09. The van der Waals surface area contributed by atoms with E-state index >= 15 is 0 Å². The van der Waals surface area contributed by atoms with Gasteiger partial charge in [0.2, 0.25) is 5.82 Å². The fourth-order valence-electron chi connectivity index (χ4n) is 3.45. The van der Waals surface area contributed by atoms with Gasteiger partial charge < -0.3 is 14.2 Å². The molecule has 29 heavy (non-hydrogen) atoms. The minimum absolute atomic E-state index is 0.0811. The molecular formula is C21H18N4O3S. The molecule has 1 saturated heterocycles. The van der Waals surface area contributed by atoms with E-state index in [2.05, 4.69) is 15.0 Å². The molecule has 1 aliphatic heterocycles. The largest absolute Gasteiger partial charge is 0.452 e. The summed E-state index contributed by atoms with van der Waals surface area (Å²) in [6.45, 7) is 1.70. The Kier molecular flexibility index (Phi) is 4.69. The van der Waals surface area contributed by atoms with Gasteiger partial charge >= 0.3 is 5.97 Å². The average molecular weight is 406 g/mol. The molecule has 1 fully saturated rings. The topological polar surface area (TPSA) is 81.3 Å². The number of rotatable bonds is 5. The number of esters is 1. The van der Waals surface area contributed by atoms with Crippen molar-refractivity contribution in [3.05, 3.63) is 58.6 Å². The first-order valence-electron chi connectivity index (χ1n) is 9.45. The van der Waals surface area contributed by atoms with Crippen LogP contribution in [-0.4, -0.2) is 34.2 Å². The van der Waals surface area contributed by atoms with Gasteiger partial charge in [0.05, 0.1) is 5.52 Å². The van der Waals surface area contributed by atoms with Gasteiger partial charge in [0, 0.05) is 29.4 Å². The van der Waals surface area contributed by atoms with Crippen LogP contribution in [0.2, 0.25) is 0 Å². The van der Waals surface area contributed by atoms with Crippen molar-refractivity contribution >= 4 is 34.0 Å². The van der Waals surface area contributed by atoms with Crippen molar-refractivity contribution in [2.45, 2.75) is 19.4 Å². The van der Waals surface area contributed by atoms with Crippen LogP contribution in [0, 0.1) is 0 Å². The summed E-state index contributed by atoms with van der Waals surface area (Å²) in [7, 11) is 0. The normalized spacial score (nSPS) is 13.9. The Bertz CT molecular complexity index is 1150. The predicted octanol–water partition coefficient (Wildman–Crippen LogP) is 4.30. The van der Waals surface area contributed by atoms with Gasteiger partial charge in [0.15, 0.2) is 6.61 Å². The number of hydrogen-bond acceptors (Lipinski definition) is 8. The standard InChI is InChI=1S/C21H18N4O3S/c26-21(27-12-18-23-19(24-28-18)15-7-10-29-13-15)16-11-14-5-1-2-6-17(14)22-20(16)25-8-3-4-9-25/h1-2,5-7,10-11,13H,3-4,8-9,12H2. The number of nitrogens with zero attached hydrogens (tertiary/aromatic N) is 4. The van der Waals surface area contributed by atoms with Crippen molar-refractivity contribution in [3.63, 3.8) is 0 Å². The zero-order valence-corrected chi connectivity index (χ0v) is 16.4. The molecular weight excluding hydrogens is 388 g/mol. The van der Waals surface area contributed by atoms with Gasteiger partial charge in [-0.15, -0.1) is 0 Å². The molecule has 0 N–H and O–H groups in total. The van der Waals surface area contributed by atoms with Crippen molar-refractivity contribution in [1.82, 2.24) is 15.1 Å². The molecule has 0 aliphatic carbocycles. The summed E-state index contributed by atoms with van der Waals surface area (Å²) < 4.78 is 10.7. The van der Waals surface area contributed by atoms with Crippen LogP contribution in [0.3, 0.4) is 0 Å². The first-order chi connectivity index (χ1) is 14.3. The number of ether oxygens (including phenoxy) is 1. The van der Waals surface area contributed by atoms with Crippen LogP contribution in [0.4, 0.5) is 5.82 Å². The summed E-state index contributed by atoms with van der Waals surface area (Å²) in [4.78, 5) is 24.1. The van der Waals surface area contributed by atoms with Crippen LogP contribution < -0.4 is 4.90 Å². The zero-order chi connectivity index (χ0) is 19.6. The first-order valence-corrected chi connectivity index (χ1v) is 10.4. The number of thiophene rings is 1. The van der Waals surface area contributed by atoms with Crippen LogP contribution >= 0.6 is 11.3 Å². The molecule has 0 spiro atoms. The SMILES string of the molecule is O=C(OCc1nc(-c2ccsc2)no1)c1cc2ccccc2nc1N1CCCC1. The number of carbonyl (C=O) groups excluding carboxylic acids is 1. The smallest absolute Gasteiger partial charge is 0.342 e. The number of fused-ring (bicyclic) bond motifs is 1. The van der Waals surface area contributed by atoms with E-state index in [1.165, 1.54) is 0 Å². The predicted molar refractivity (Wildman–Crippen MR) is 110 cm³/mol. The number of para-hydroxylation sites is 1. The van der Waals surface area contributed by atoms with Gasteiger partial charge in [-0.2, -0.15) is 16.3 Å². The molecule has 3 aromatic heterocycles. The van der Waals surface area contributed by atoms with Crippen LogP contribution in [0.25, 0.3) is 22.3 Å². The van der Waals surface area contributed by atoms with E-state index in [0.717, 1.165) is 42.4 Å². The average Bonchev–Trinajstić information content (AvgIpc) is 3.53. The Hall–Kier alpha value is -3.26. The van der Waals surface area contributed by atoms with E-state index in [1.807, 2.05) is 47.2 Å². The Morgan fingerprint density at radius 3 is 2.86 bits per heavy atom. The molecule has 5 rings (SSSR count). The second-order valence-electron chi connectivity index (χ2n) is 6.85. The van der Waals surface area contributed by atoms with Crippen LogP contribution in [0.15, 0.2) is 51.7 Å². The van der Waals surface area contributed by atoms with E-state index < -0.39 is 5.97 Å². The number of aromatic nitrogens is 3. The summed E-state index contributed by atoms with van der Waals surface area (Å²) >= 11 is 1.56. The lowest BCUT2D eigenvalue weighted by molar-refractivity contribution is 0.0430. The second-order valence-corrected chi connectivity index (χ2v) is 7.63. The third kappa shape index (κ3) is 3.58. The quantitative estimate of drug-likeness (QED) is 0.457. The van der Waals surface area contributed by atoms with Crippen molar-refractivity contribution in [3.8, 4) is 11.4 Å². The number of carbonyl (C=O) groups is 1. The van der Waals surface area contributed by atoms with Gasteiger partial charge in [-0.1, -0.05) is 23.4 Å². The van der Waals surface area contributed by atoms with Crippen molar-refractivity contribution in [2.75, 3.05) is 18.0 Å². The fraction of sp³-hybridized carbons (Fsp3) is 0.238. The Labute approximate surface area is 170 Å². The van der Waals surface area contributed by atoms with E-state index in [0.29, 0.717) is 17.2 Å². The van der Waals surface area contributed by atoms with Crippen LogP contribution in [-0.2, 0) is 11.3 Å². The zero-order valence-electron chi connectivity index (χ0n) is 15.6. The number of hydrogen-bond donors (Lipinski definition) is 0. The van der Waals surface area contributed by atoms with Gasteiger partial charge in [0.1, 0.15) is 11.4 Å². The maximum Gasteiger partial charge on any atom is 0.342 e. The van der Waals surface area contributed by atoms with E-state index in [9.17, 15) is 4.79 Å². The number of benzene rings is 1. The molecule has 4 heterocycles. The summed E-state index contributed by atoms with van der Waals surface area (Å²) in [5.74, 6) is 0.981. The number of anilines is 1. The highest BCUT2D eigenvalue weighted by molar-refractivity contribution is 7.08. The van der Waals surface area contributed by atoms with Crippen molar-refractivity contribution in [2.24, 2.45) is 0 Å². The summed E-state index contributed by atoms with van der Waals surface area (Å²) in [5.41, 5.74) is 2.21. The molecule has 7 nitrogen and oxygen atoms in total. The Balaban J connectivity index is 1.39. The lowest BCUT2D eigenvalue weighted by Crippen LogP contribution is -2.23. The molecule has 1 aromatic carbocycles. The third-order valence-corrected chi connectivity index (χ3v) is 5.59. The molecule has 146 valence electrons. The first kappa shape index (κ1) is 17.8. The monoisotopic (exact) mass is 406 g/mol. The number of pyridine rings is 1. The lowest BCUT2D eigenvalue weighted by atomic mass is 10.1. The summed E-state index contributed by atoms with van der Waals surface area (Å²) in [5, 5.41) is 8.72. The van der Waals surface area contributed by atoms with E-state index in [4.69, 9.17) is 14.2 Å². The van der Waals surface area contributed by atoms with E-state index in [1.54, 1.807) is 11.3 Å². The van der Waals surface area contributed by atoms with Gasteiger partial charge in [0.25, 0.3) is 5.89 Å². The summed E-state index contributed by atoms with van der Waals surface area (Å²) in [6, 6.07) is 11.5. The maximum absolute atomic E-state index is 12.9. The molecule has 4 aromatic rings. The van der Waals surface area contributed by atoms with E-state index in [-0.39, 0.29) is 12.5 Å². The molecule has 0 unspecified atom stereocenters. The molecule has 0 amide bonds. The lowest BCUT2D eigenvalue weighted by Gasteiger charge is -2.20. The second kappa shape index (κ2) is 7.63. The van der Waals surface area contributed by atoms with Gasteiger partial charge in [-0.3, -0.25) is 0 Å². The summed E-state index contributed by atoms with van der Waals surface area (Å²) in [6.07, 6.45) is 2.19. The molecule has 0 atom stereocenters. The maximum atomic E-state index is 12.9. The molecule has 0 bridgehead atoms. The molecule has 0 radical (unpaired) electrons. The van der Waals surface area contributed by atoms with Crippen LogP contribution in [0.5, 0.6) is 0 Å². The van der Waals surface area contributed by atoms with Crippen molar-refractivity contribution < 1.29 is 14.1 Å². The molecule has 8 heteroatoms. The molecule has 0 saturated carbocycles. The highest BCUT2D eigenvalue weighted by Crippen LogP contribution is 2.27. The van der Waals surface area contributed by atoms with Crippen LogP contribution in [0.1, 0.15) is 29.1 Å².